The van der Waals surface area contributed by atoms with Crippen LogP contribution >= 0.6 is 15.9 Å². The molecule has 124 valence electrons. The molecule has 2 aromatic rings. The van der Waals surface area contributed by atoms with Crippen molar-refractivity contribution in [3.8, 4) is 0 Å². The SMILES string of the molecule is CC(C)(C)OC(=O)NCc1cccc(NCc2ccc(Br)o2)c1. The lowest BCUT2D eigenvalue weighted by atomic mass is 10.2. The smallest absolute Gasteiger partial charge is 0.407 e. The van der Waals surface area contributed by atoms with Crippen LogP contribution in [0.15, 0.2) is 45.5 Å². The fourth-order valence-electron chi connectivity index (χ4n) is 1.92. The molecule has 0 bridgehead atoms. The van der Waals surface area contributed by atoms with Gasteiger partial charge in [-0.2, -0.15) is 0 Å². The molecule has 0 spiro atoms. The van der Waals surface area contributed by atoms with Crippen molar-refractivity contribution in [3.05, 3.63) is 52.4 Å². The lowest BCUT2D eigenvalue weighted by Gasteiger charge is -2.19. The van der Waals surface area contributed by atoms with E-state index in [9.17, 15) is 4.79 Å². The van der Waals surface area contributed by atoms with Gasteiger partial charge in [-0.3, -0.25) is 0 Å². The van der Waals surface area contributed by atoms with Crippen LogP contribution in [0.1, 0.15) is 32.1 Å². The van der Waals surface area contributed by atoms with Crippen molar-refractivity contribution in [1.82, 2.24) is 5.32 Å². The fourth-order valence-corrected chi connectivity index (χ4v) is 2.26. The van der Waals surface area contributed by atoms with Crippen LogP contribution in [-0.4, -0.2) is 11.7 Å². The van der Waals surface area contributed by atoms with Crippen molar-refractivity contribution < 1.29 is 13.9 Å². The van der Waals surface area contributed by atoms with Crippen LogP contribution in [0.25, 0.3) is 0 Å². The number of furan rings is 1. The van der Waals surface area contributed by atoms with Crippen LogP contribution in [0, 0.1) is 0 Å². The van der Waals surface area contributed by atoms with E-state index >= 15 is 0 Å². The molecular weight excluding hydrogens is 360 g/mol. The number of carbonyl (C=O) groups is 1. The quantitative estimate of drug-likeness (QED) is 0.790. The molecule has 0 saturated heterocycles. The van der Waals surface area contributed by atoms with Crippen LogP contribution in [0.4, 0.5) is 10.5 Å². The molecule has 0 radical (unpaired) electrons. The van der Waals surface area contributed by atoms with Crippen LogP contribution in [0.3, 0.4) is 0 Å². The number of amides is 1. The molecular formula is C17H21BrN2O3. The molecule has 1 amide bonds. The van der Waals surface area contributed by atoms with E-state index in [2.05, 4.69) is 26.6 Å². The summed E-state index contributed by atoms with van der Waals surface area (Å²) in [5.74, 6) is 0.842. The average molecular weight is 381 g/mol. The van der Waals surface area contributed by atoms with E-state index in [0.717, 1.165) is 17.0 Å². The first kappa shape index (κ1) is 17.4. The number of hydrogen-bond donors (Lipinski definition) is 2. The van der Waals surface area contributed by atoms with Crippen LogP contribution < -0.4 is 10.6 Å². The molecule has 2 N–H and O–H groups in total. The topological polar surface area (TPSA) is 63.5 Å². The molecule has 0 unspecified atom stereocenters. The number of alkyl carbamates (subject to hydrolysis) is 1. The predicted octanol–water partition coefficient (Wildman–Crippen LogP) is 4.68. The summed E-state index contributed by atoms with van der Waals surface area (Å²) in [4.78, 5) is 11.7. The second-order valence-electron chi connectivity index (χ2n) is 6.12. The number of rotatable bonds is 5. The minimum absolute atomic E-state index is 0.413. The lowest BCUT2D eigenvalue weighted by molar-refractivity contribution is 0.0523. The fraction of sp³-hybridized carbons (Fsp3) is 0.353. The second kappa shape index (κ2) is 7.55. The Balaban J connectivity index is 1.85. The third kappa shape index (κ3) is 6.36. The largest absolute Gasteiger partial charge is 0.452 e. The monoisotopic (exact) mass is 380 g/mol. The Morgan fingerprint density at radius 3 is 2.65 bits per heavy atom. The van der Waals surface area contributed by atoms with Crippen molar-refractivity contribution >= 4 is 27.7 Å². The molecule has 1 aromatic carbocycles. The number of anilines is 1. The van der Waals surface area contributed by atoms with Gasteiger partial charge in [0, 0.05) is 12.2 Å². The first-order chi connectivity index (χ1) is 10.8. The van der Waals surface area contributed by atoms with Gasteiger partial charge in [0.1, 0.15) is 11.4 Å². The van der Waals surface area contributed by atoms with E-state index < -0.39 is 11.7 Å². The molecule has 0 atom stereocenters. The van der Waals surface area contributed by atoms with Gasteiger partial charge in [0.05, 0.1) is 6.54 Å². The Hall–Kier alpha value is -1.95. The van der Waals surface area contributed by atoms with E-state index in [1.165, 1.54) is 0 Å². The third-order valence-electron chi connectivity index (χ3n) is 2.86. The highest BCUT2D eigenvalue weighted by molar-refractivity contribution is 9.10. The summed E-state index contributed by atoms with van der Waals surface area (Å²) in [6, 6.07) is 11.6. The molecule has 6 heteroatoms. The van der Waals surface area contributed by atoms with Gasteiger partial charge >= 0.3 is 6.09 Å². The molecule has 2 rings (SSSR count). The van der Waals surface area contributed by atoms with Crippen molar-refractivity contribution in [1.29, 1.82) is 0 Å². The third-order valence-corrected chi connectivity index (χ3v) is 3.28. The number of carbonyl (C=O) groups excluding carboxylic acids is 1. The molecule has 0 aliphatic heterocycles. The number of hydrogen-bond acceptors (Lipinski definition) is 4. The molecule has 1 aromatic heterocycles. The first-order valence-corrected chi connectivity index (χ1v) is 8.15. The molecule has 1 heterocycles. The zero-order chi connectivity index (χ0) is 16.9. The Morgan fingerprint density at radius 2 is 2.00 bits per heavy atom. The van der Waals surface area contributed by atoms with Gasteiger partial charge in [-0.25, -0.2) is 4.79 Å². The highest BCUT2D eigenvalue weighted by atomic mass is 79.9. The van der Waals surface area contributed by atoms with E-state index in [4.69, 9.17) is 9.15 Å². The van der Waals surface area contributed by atoms with Crippen molar-refractivity contribution in [3.63, 3.8) is 0 Å². The van der Waals surface area contributed by atoms with E-state index in [1.54, 1.807) is 0 Å². The predicted molar refractivity (Wildman–Crippen MR) is 93.3 cm³/mol. The zero-order valence-corrected chi connectivity index (χ0v) is 15.1. The second-order valence-corrected chi connectivity index (χ2v) is 6.90. The molecule has 0 saturated carbocycles. The minimum atomic E-state index is -0.495. The van der Waals surface area contributed by atoms with Gasteiger partial charge in [0.15, 0.2) is 4.67 Å². The summed E-state index contributed by atoms with van der Waals surface area (Å²) in [6.45, 7) is 6.52. The number of nitrogens with one attached hydrogen (secondary N) is 2. The molecule has 0 fully saturated rings. The van der Waals surface area contributed by atoms with Gasteiger partial charge in [0.2, 0.25) is 0 Å². The Bertz CT molecular complexity index is 662. The van der Waals surface area contributed by atoms with Crippen molar-refractivity contribution in [2.75, 3.05) is 5.32 Å². The zero-order valence-electron chi connectivity index (χ0n) is 13.5. The highest BCUT2D eigenvalue weighted by Crippen LogP contribution is 2.17. The van der Waals surface area contributed by atoms with Crippen LogP contribution in [0.5, 0.6) is 0 Å². The summed E-state index contributed by atoms with van der Waals surface area (Å²) in [6.07, 6.45) is -0.420. The summed E-state index contributed by atoms with van der Waals surface area (Å²) in [5, 5.41) is 6.03. The molecule has 0 aliphatic rings. The maximum atomic E-state index is 11.7. The Kier molecular flexibility index (Phi) is 5.71. The first-order valence-electron chi connectivity index (χ1n) is 7.36. The van der Waals surface area contributed by atoms with Gasteiger partial charge < -0.3 is 19.8 Å². The molecule has 0 aliphatic carbocycles. The average Bonchev–Trinajstić information content (AvgIpc) is 2.87. The number of benzene rings is 1. The van der Waals surface area contributed by atoms with E-state index in [-0.39, 0.29) is 0 Å². The van der Waals surface area contributed by atoms with E-state index in [1.807, 2.05) is 57.2 Å². The van der Waals surface area contributed by atoms with Crippen LogP contribution in [0.2, 0.25) is 0 Å². The summed E-state index contributed by atoms with van der Waals surface area (Å²) in [7, 11) is 0. The van der Waals surface area contributed by atoms with Crippen molar-refractivity contribution in [2.45, 2.75) is 39.5 Å². The van der Waals surface area contributed by atoms with Crippen LogP contribution in [-0.2, 0) is 17.8 Å². The van der Waals surface area contributed by atoms with Gasteiger partial charge in [-0.15, -0.1) is 0 Å². The highest BCUT2D eigenvalue weighted by Gasteiger charge is 2.15. The number of ether oxygens (including phenoxy) is 1. The van der Waals surface area contributed by atoms with E-state index in [0.29, 0.717) is 17.8 Å². The summed E-state index contributed by atoms with van der Waals surface area (Å²) >= 11 is 3.28. The Morgan fingerprint density at radius 1 is 1.22 bits per heavy atom. The van der Waals surface area contributed by atoms with Gasteiger partial charge in [-0.1, -0.05) is 12.1 Å². The standard InChI is InChI=1S/C17H21BrN2O3/c1-17(2,3)23-16(21)20-10-12-5-4-6-13(9-12)19-11-14-7-8-15(18)22-14/h4-9,19H,10-11H2,1-3H3,(H,20,21). The maximum Gasteiger partial charge on any atom is 0.407 e. The molecule has 23 heavy (non-hydrogen) atoms. The summed E-state index contributed by atoms with van der Waals surface area (Å²) in [5.41, 5.74) is 1.45. The van der Waals surface area contributed by atoms with Gasteiger partial charge in [0.25, 0.3) is 0 Å². The lowest BCUT2D eigenvalue weighted by Crippen LogP contribution is -2.32. The van der Waals surface area contributed by atoms with Crippen molar-refractivity contribution in [2.24, 2.45) is 0 Å². The summed E-state index contributed by atoms with van der Waals surface area (Å²) < 4.78 is 11.4. The minimum Gasteiger partial charge on any atom is -0.452 e. The maximum absolute atomic E-state index is 11.7. The molecule has 5 nitrogen and oxygen atoms in total. The Labute approximate surface area is 144 Å². The van der Waals surface area contributed by atoms with Gasteiger partial charge in [-0.05, 0) is 66.5 Å². The number of halogens is 1. The normalized spacial score (nSPS) is 11.1.